The highest BCUT2D eigenvalue weighted by Crippen LogP contribution is 1.99. The lowest BCUT2D eigenvalue weighted by molar-refractivity contribution is 0.0815. The lowest BCUT2D eigenvalue weighted by atomic mass is 10.4. The molecule has 3 heteroatoms. The predicted molar refractivity (Wildman–Crippen MR) is 49.5 cm³/mol. The van der Waals surface area contributed by atoms with Crippen LogP contribution in [0.2, 0.25) is 0 Å². The topological polar surface area (TPSA) is 55.5 Å². The molecule has 12 heavy (non-hydrogen) atoms. The Balaban J connectivity index is 3.80. The van der Waals surface area contributed by atoms with Gasteiger partial charge in [0.2, 0.25) is 0 Å². The van der Waals surface area contributed by atoms with Crippen molar-refractivity contribution in [3.8, 4) is 0 Å². The van der Waals surface area contributed by atoms with Crippen LogP contribution in [0.15, 0.2) is 37.1 Å². The van der Waals surface area contributed by atoms with Crippen LogP contribution in [0.25, 0.3) is 0 Å². The number of nitrogens with two attached hydrogens (primary N) is 1. The first-order valence-electron chi connectivity index (χ1n) is 3.70. The van der Waals surface area contributed by atoms with Gasteiger partial charge < -0.3 is 15.6 Å². The lowest BCUT2D eigenvalue weighted by Gasteiger charge is -2.09. The average molecular weight is 169 g/mol. The SMILES string of the molecule is C=C/C=C(\C=C)OC[C@H](O)CN. The Morgan fingerprint density at radius 2 is 2.25 bits per heavy atom. The van der Waals surface area contributed by atoms with Crippen molar-refractivity contribution < 1.29 is 9.84 Å². The largest absolute Gasteiger partial charge is 0.491 e. The summed E-state index contributed by atoms with van der Waals surface area (Å²) in [7, 11) is 0. The van der Waals surface area contributed by atoms with Crippen molar-refractivity contribution >= 4 is 0 Å². The Bertz CT molecular complexity index is 175. The number of hydrogen-bond donors (Lipinski definition) is 2. The molecular weight excluding hydrogens is 154 g/mol. The van der Waals surface area contributed by atoms with Gasteiger partial charge in [0.05, 0.1) is 0 Å². The van der Waals surface area contributed by atoms with Gasteiger partial charge >= 0.3 is 0 Å². The molecule has 0 aliphatic heterocycles. The van der Waals surface area contributed by atoms with Crippen LogP contribution in [0.5, 0.6) is 0 Å². The zero-order valence-corrected chi connectivity index (χ0v) is 7.07. The highest BCUT2D eigenvalue weighted by atomic mass is 16.5. The summed E-state index contributed by atoms with van der Waals surface area (Å²) in [6.07, 6.45) is 4.17. The van der Waals surface area contributed by atoms with Crippen molar-refractivity contribution in [2.75, 3.05) is 13.2 Å². The second-order valence-corrected chi connectivity index (χ2v) is 2.21. The maximum atomic E-state index is 9.03. The third-order valence-corrected chi connectivity index (χ3v) is 1.20. The molecule has 0 saturated heterocycles. The van der Waals surface area contributed by atoms with E-state index in [1.165, 1.54) is 0 Å². The van der Waals surface area contributed by atoms with Gasteiger partial charge in [-0.1, -0.05) is 19.2 Å². The molecule has 68 valence electrons. The van der Waals surface area contributed by atoms with E-state index in [4.69, 9.17) is 15.6 Å². The first kappa shape index (κ1) is 10.9. The van der Waals surface area contributed by atoms with Crippen molar-refractivity contribution in [2.45, 2.75) is 6.10 Å². The molecule has 0 aromatic heterocycles. The normalized spacial score (nSPS) is 13.7. The Labute approximate surface area is 72.8 Å². The van der Waals surface area contributed by atoms with Crippen LogP contribution in [0.4, 0.5) is 0 Å². The van der Waals surface area contributed by atoms with E-state index >= 15 is 0 Å². The van der Waals surface area contributed by atoms with E-state index in [0.29, 0.717) is 5.76 Å². The van der Waals surface area contributed by atoms with Crippen molar-refractivity contribution in [2.24, 2.45) is 5.73 Å². The third-order valence-electron chi connectivity index (χ3n) is 1.20. The number of rotatable bonds is 6. The Hall–Kier alpha value is -1.06. The molecule has 0 aromatic rings. The lowest BCUT2D eigenvalue weighted by Crippen LogP contribution is -2.24. The number of allylic oxidation sites excluding steroid dienone is 3. The zero-order chi connectivity index (χ0) is 9.40. The quantitative estimate of drug-likeness (QED) is 0.451. The van der Waals surface area contributed by atoms with E-state index in [9.17, 15) is 0 Å². The molecule has 0 aromatic carbocycles. The van der Waals surface area contributed by atoms with E-state index in [2.05, 4.69) is 13.2 Å². The summed E-state index contributed by atoms with van der Waals surface area (Å²) < 4.78 is 5.13. The second-order valence-electron chi connectivity index (χ2n) is 2.21. The molecular formula is C9H15NO2. The molecule has 0 radical (unpaired) electrons. The summed E-state index contributed by atoms with van der Waals surface area (Å²) in [5.74, 6) is 0.581. The van der Waals surface area contributed by atoms with Gasteiger partial charge in [0.25, 0.3) is 0 Å². The highest BCUT2D eigenvalue weighted by Gasteiger charge is 2.00. The Kier molecular flexibility index (Phi) is 6.05. The predicted octanol–water partition coefficient (Wildman–Crippen LogP) is 0.579. The Morgan fingerprint density at radius 1 is 1.58 bits per heavy atom. The first-order valence-corrected chi connectivity index (χ1v) is 3.70. The molecule has 0 amide bonds. The van der Waals surface area contributed by atoms with E-state index in [1.54, 1.807) is 18.2 Å². The van der Waals surface area contributed by atoms with E-state index in [1.807, 2.05) is 0 Å². The Morgan fingerprint density at radius 3 is 2.67 bits per heavy atom. The molecule has 1 atom stereocenters. The minimum Gasteiger partial charge on any atom is -0.491 e. The van der Waals surface area contributed by atoms with Crippen LogP contribution in [0, 0.1) is 0 Å². The third kappa shape index (κ3) is 4.71. The minimum absolute atomic E-state index is 0.183. The molecule has 0 aliphatic rings. The molecule has 0 unspecified atom stereocenters. The zero-order valence-electron chi connectivity index (χ0n) is 7.07. The smallest absolute Gasteiger partial charge is 0.118 e. The highest BCUT2D eigenvalue weighted by molar-refractivity contribution is 5.14. The van der Waals surface area contributed by atoms with Gasteiger partial charge in [-0.05, 0) is 12.2 Å². The standard InChI is InChI=1S/C9H15NO2/c1-3-5-9(4-2)12-7-8(11)6-10/h3-5,8,11H,1-2,6-7,10H2/b9-5+/t8-/m1/s1. The fourth-order valence-corrected chi connectivity index (χ4v) is 0.552. The summed E-state index contributed by atoms with van der Waals surface area (Å²) in [5, 5.41) is 9.03. The van der Waals surface area contributed by atoms with Crippen LogP contribution in [-0.4, -0.2) is 24.4 Å². The van der Waals surface area contributed by atoms with E-state index in [-0.39, 0.29) is 13.2 Å². The summed E-state index contributed by atoms with van der Waals surface area (Å²) in [6.45, 7) is 7.41. The van der Waals surface area contributed by atoms with Crippen LogP contribution < -0.4 is 5.73 Å². The second kappa shape index (κ2) is 6.64. The number of hydrogen-bond acceptors (Lipinski definition) is 3. The monoisotopic (exact) mass is 169 g/mol. The van der Waals surface area contributed by atoms with Gasteiger partial charge in [-0.25, -0.2) is 0 Å². The van der Waals surface area contributed by atoms with Crippen molar-refractivity contribution in [3.05, 3.63) is 37.1 Å². The summed E-state index contributed by atoms with van der Waals surface area (Å²) in [4.78, 5) is 0. The van der Waals surface area contributed by atoms with Gasteiger partial charge in [-0.3, -0.25) is 0 Å². The minimum atomic E-state index is -0.627. The van der Waals surface area contributed by atoms with Crippen LogP contribution in [-0.2, 0) is 4.74 Å². The number of ether oxygens (including phenoxy) is 1. The molecule has 3 N–H and O–H groups in total. The fourth-order valence-electron chi connectivity index (χ4n) is 0.552. The van der Waals surface area contributed by atoms with Crippen LogP contribution in [0.1, 0.15) is 0 Å². The maximum Gasteiger partial charge on any atom is 0.118 e. The summed E-state index contributed by atoms with van der Waals surface area (Å²) in [6, 6.07) is 0. The van der Waals surface area contributed by atoms with Gasteiger partial charge in [0, 0.05) is 6.54 Å². The van der Waals surface area contributed by atoms with Crippen LogP contribution in [0.3, 0.4) is 0 Å². The van der Waals surface area contributed by atoms with Gasteiger partial charge in [0.15, 0.2) is 0 Å². The van der Waals surface area contributed by atoms with Gasteiger partial charge in [0.1, 0.15) is 18.5 Å². The van der Waals surface area contributed by atoms with Crippen molar-refractivity contribution in [1.29, 1.82) is 0 Å². The van der Waals surface area contributed by atoms with Crippen LogP contribution >= 0.6 is 0 Å². The maximum absolute atomic E-state index is 9.03. The molecule has 0 bridgehead atoms. The van der Waals surface area contributed by atoms with Crippen molar-refractivity contribution in [3.63, 3.8) is 0 Å². The fraction of sp³-hybridized carbons (Fsp3) is 0.333. The molecule has 0 spiro atoms. The molecule has 0 fully saturated rings. The molecule has 3 nitrogen and oxygen atoms in total. The molecule has 0 heterocycles. The number of aliphatic hydroxyl groups is 1. The first-order chi connectivity index (χ1) is 5.74. The number of aliphatic hydroxyl groups excluding tert-OH is 1. The molecule has 0 aliphatic carbocycles. The van der Waals surface area contributed by atoms with Crippen molar-refractivity contribution in [1.82, 2.24) is 0 Å². The average Bonchev–Trinajstić information content (AvgIpc) is 2.11. The molecule has 0 saturated carbocycles. The van der Waals surface area contributed by atoms with E-state index in [0.717, 1.165) is 0 Å². The summed E-state index contributed by atoms with van der Waals surface area (Å²) in [5.41, 5.74) is 5.18. The van der Waals surface area contributed by atoms with Gasteiger partial charge in [-0.2, -0.15) is 0 Å². The van der Waals surface area contributed by atoms with E-state index < -0.39 is 6.10 Å². The molecule has 0 rings (SSSR count). The summed E-state index contributed by atoms with van der Waals surface area (Å²) >= 11 is 0. The van der Waals surface area contributed by atoms with Gasteiger partial charge in [-0.15, -0.1) is 0 Å².